The molecule has 9 heteroatoms. The van der Waals surface area contributed by atoms with E-state index in [-0.39, 0.29) is 17.9 Å². The quantitative estimate of drug-likeness (QED) is 0.743. The van der Waals surface area contributed by atoms with E-state index in [1.165, 1.54) is 18.5 Å². The van der Waals surface area contributed by atoms with Crippen LogP contribution in [0.3, 0.4) is 0 Å². The number of sulfonamides is 1. The van der Waals surface area contributed by atoms with Crippen molar-refractivity contribution in [1.82, 2.24) is 9.62 Å². The van der Waals surface area contributed by atoms with Gasteiger partial charge < -0.3 is 19.5 Å². The number of nitrogens with one attached hydrogen (secondary N) is 1. The van der Waals surface area contributed by atoms with Gasteiger partial charge in [-0.15, -0.1) is 0 Å². The van der Waals surface area contributed by atoms with Gasteiger partial charge in [0.15, 0.2) is 0 Å². The van der Waals surface area contributed by atoms with Crippen LogP contribution in [0, 0.1) is 0 Å². The van der Waals surface area contributed by atoms with E-state index in [1.54, 1.807) is 18.2 Å². The van der Waals surface area contributed by atoms with E-state index in [4.69, 9.17) is 14.2 Å². The Balaban J connectivity index is 1.98. The van der Waals surface area contributed by atoms with Crippen LogP contribution < -0.4 is 14.8 Å². The van der Waals surface area contributed by atoms with Gasteiger partial charge in [0.2, 0.25) is 10.0 Å². The van der Waals surface area contributed by atoms with Crippen LogP contribution in [0.15, 0.2) is 18.2 Å². The number of carbonyl (C=O) groups is 1. The van der Waals surface area contributed by atoms with Gasteiger partial charge in [0.25, 0.3) is 5.91 Å². The molecule has 1 fully saturated rings. The minimum absolute atomic E-state index is 0.000271. The summed E-state index contributed by atoms with van der Waals surface area (Å²) in [6.07, 6.45) is 0. The summed E-state index contributed by atoms with van der Waals surface area (Å²) in [4.78, 5) is 12.4. The highest BCUT2D eigenvalue weighted by Crippen LogP contribution is 2.27. The Bertz CT molecular complexity index is 648. The standard InChI is InChI=1S/C15H22N2O6S/c1-21-12-4-3-5-13(22-2)14(12)15(18)16-6-11-24(19,20)17-7-9-23-10-8-17/h3-5H,6-11H2,1-2H3,(H,16,18). The molecule has 1 aromatic carbocycles. The van der Waals surface area contributed by atoms with Crippen molar-refractivity contribution in [3.05, 3.63) is 23.8 Å². The van der Waals surface area contributed by atoms with Crippen molar-refractivity contribution in [2.24, 2.45) is 0 Å². The molecule has 0 aromatic heterocycles. The van der Waals surface area contributed by atoms with Crippen molar-refractivity contribution in [2.45, 2.75) is 0 Å². The van der Waals surface area contributed by atoms with Crippen LogP contribution in [0.5, 0.6) is 11.5 Å². The summed E-state index contributed by atoms with van der Waals surface area (Å²) in [7, 11) is -0.511. The number of morpholine rings is 1. The van der Waals surface area contributed by atoms with Gasteiger partial charge in [-0.25, -0.2) is 8.42 Å². The van der Waals surface area contributed by atoms with Crippen LogP contribution in [0.25, 0.3) is 0 Å². The van der Waals surface area contributed by atoms with Crippen LogP contribution in [-0.2, 0) is 14.8 Å². The predicted octanol–water partition coefficient (Wildman–Crippen LogP) is 0.0956. The number of benzene rings is 1. The molecule has 0 bridgehead atoms. The molecule has 1 aromatic rings. The Morgan fingerprint density at radius 1 is 1.21 bits per heavy atom. The van der Waals surface area contributed by atoms with Gasteiger partial charge >= 0.3 is 0 Å². The largest absolute Gasteiger partial charge is 0.496 e. The van der Waals surface area contributed by atoms with Gasteiger partial charge in [-0.3, -0.25) is 4.79 Å². The fraction of sp³-hybridized carbons (Fsp3) is 0.533. The second-order valence-corrected chi connectivity index (χ2v) is 7.21. The summed E-state index contributed by atoms with van der Waals surface area (Å²) in [5, 5.41) is 2.61. The molecule has 1 aliphatic heterocycles. The van der Waals surface area contributed by atoms with Gasteiger partial charge in [0.1, 0.15) is 17.1 Å². The summed E-state index contributed by atoms with van der Waals surface area (Å²) in [6.45, 7) is 1.47. The van der Waals surface area contributed by atoms with E-state index in [0.29, 0.717) is 37.8 Å². The lowest BCUT2D eigenvalue weighted by Crippen LogP contribution is -2.43. The molecule has 1 heterocycles. The van der Waals surface area contributed by atoms with E-state index in [1.807, 2.05) is 0 Å². The minimum Gasteiger partial charge on any atom is -0.496 e. The third-order valence-corrected chi connectivity index (χ3v) is 5.54. The molecule has 0 aliphatic carbocycles. The summed E-state index contributed by atoms with van der Waals surface area (Å²) in [5.41, 5.74) is 0.242. The van der Waals surface area contributed by atoms with Gasteiger partial charge in [0, 0.05) is 19.6 Å². The average molecular weight is 358 g/mol. The number of hydrogen-bond acceptors (Lipinski definition) is 6. The Morgan fingerprint density at radius 3 is 2.33 bits per heavy atom. The molecule has 1 amide bonds. The van der Waals surface area contributed by atoms with Gasteiger partial charge in [-0.2, -0.15) is 4.31 Å². The summed E-state index contributed by atoms with van der Waals surface area (Å²) in [5.74, 6) is 0.114. The SMILES string of the molecule is COc1cccc(OC)c1C(=O)NCCS(=O)(=O)N1CCOCC1. The monoisotopic (exact) mass is 358 g/mol. The van der Waals surface area contributed by atoms with Crippen LogP contribution in [0.2, 0.25) is 0 Å². The lowest BCUT2D eigenvalue weighted by molar-refractivity contribution is 0.0730. The van der Waals surface area contributed by atoms with Crippen molar-refractivity contribution in [3.63, 3.8) is 0 Å². The second-order valence-electron chi connectivity index (χ2n) is 5.12. The van der Waals surface area contributed by atoms with Crippen molar-refractivity contribution in [3.8, 4) is 11.5 Å². The molecule has 1 aliphatic rings. The first-order valence-electron chi connectivity index (χ1n) is 7.54. The Labute approximate surface area is 141 Å². The summed E-state index contributed by atoms with van der Waals surface area (Å²) >= 11 is 0. The lowest BCUT2D eigenvalue weighted by Gasteiger charge is -2.26. The Kier molecular flexibility index (Phi) is 6.41. The lowest BCUT2D eigenvalue weighted by atomic mass is 10.1. The van der Waals surface area contributed by atoms with Crippen LogP contribution in [0.1, 0.15) is 10.4 Å². The van der Waals surface area contributed by atoms with E-state index >= 15 is 0 Å². The molecule has 1 saturated heterocycles. The highest BCUT2D eigenvalue weighted by Gasteiger charge is 2.24. The zero-order chi connectivity index (χ0) is 17.6. The minimum atomic E-state index is -3.42. The van der Waals surface area contributed by atoms with E-state index in [9.17, 15) is 13.2 Å². The molecule has 0 unspecified atom stereocenters. The maximum Gasteiger partial charge on any atom is 0.258 e. The van der Waals surface area contributed by atoms with Gasteiger partial charge in [0.05, 0.1) is 33.2 Å². The number of ether oxygens (including phenoxy) is 3. The predicted molar refractivity (Wildman–Crippen MR) is 88.1 cm³/mol. The molecule has 0 atom stereocenters. The van der Waals surface area contributed by atoms with Gasteiger partial charge in [-0.1, -0.05) is 6.07 Å². The molecular weight excluding hydrogens is 336 g/mol. The smallest absolute Gasteiger partial charge is 0.258 e. The highest BCUT2D eigenvalue weighted by molar-refractivity contribution is 7.89. The summed E-state index contributed by atoms with van der Waals surface area (Å²) < 4.78 is 41.3. The fourth-order valence-electron chi connectivity index (χ4n) is 2.41. The van der Waals surface area contributed by atoms with Gasteiger partial charge in [-0.05, 0) is 12.1 Å². The molecule has 0 radical (unpaired) electrons. The van der Waals surface area contributed by atoms with E-state index < -0.39 is 15.9 Å². The third kappa shape index (κ3) is 4.37. The van der Waals surface area contributed by atoms with Crippen LogP contribution >= 0.6 is 0 Å². The van der Waals surface area contributed by atoms with E-state index in [2.05, 4.69) is 5.32 Å². The van der Waals surface area contributed by atoms with Crippen molar-refractivity contribution in [1.29, 1.82) is 0 Å². The maximum atomic E-state index is 12.4. The zero-order valence-electron chi connectivity index (χ0n) is 13.8. The summed E-state index contributed by atoms with van der Waals surface area (Å²) in [6, 6.07) is 4.99. The molecule has 134 valence electrons. The number of amides is 1. The molecule has 0 saturated carbocycles. The first kappa shape index (κ1) is 18.5. The van der Waals surface area contributed by atoms with Crippen molar-refractivity contribution in [2.75, 3.05) is 52.8 Å². The fourth-order valence-corrected chi connectivity index (χ4v) is 3.73. The number of carbonyl (C=O) groups excluding carboxylic acids is 1. The van der Waals surface area contributed by atoms with Crippen molar-refractivity contribution >= 4 is 15.9 Å². The highest BCUT2D eigenvalue weighted by atomic mass is 32.2. The maximum absolute atomic E-state index is 12.4. The first-order chi connectivity index (χ1) is 11.5. The van der Waals surface area contributed by atoms with Crippen LogP contribution in [0.4, 0.5) is 0 Å². The second kappa shape index (κ2) is 8.32. The van der Waals surface area contributed by atoms with E-state index in [0.717, 1.165) is 0 Å². The molecular formula is C15H22N2O6S. The molecule has 8 nitrogen and oxygen atoms in total. The topological polar surface area (TPSA) is 94.2 Å². The zero-order valence-corrected chi connectivity index (χ0v) is 14.6. The first-order valence-corrected chi connectivity index (χ1v) is 9.15. The third-order valence-electron chi connectivity index (χ3n) is 3.66. The Morgan fingerprint density at radius 2 is 1.79 bits per heavy atom. The van der Waals surface area contributed by atoms with Crippen LogP contribution in [-0.4, -0.2) is 71.5 Å². The molecule has 2 rings (SSSR count). The molecule has 1 N–H and O–H groups in total. The number of nitrogens with zero attached hydrogens (tertiary/aromatic N) is 1. The molecule has 24 heavy (non-hydrogen) atoms. The average Bonchev–Trinajstić information content (AvgIpc) is 2.61. The normalized spacial score (nSPS) is 15.8. The Hall–Kier alpha value is -1.84. The number of rotatable bonds is 7. The number of hydrogen-bond donors (Lipinski definition) is 1. The molecule has 0 spiro atoms. The van der Waals surface area contributed by atoms with Crippen molar-refractivity contribution < 1.29 is 27.4 Å². The number of methoxy groups -OCH3 is 2.